The monoisotopic (exact) mass is 224 g/mol. The van der Waals surface area contributed by atoms with Gasteiger partial charge in [0.2, 0.25) is 5.91 Å². The lowest BCUT2D eigenvalue weighted by atomic mass is 10.1. The van der Waals surface area contributed by atoms with Crippen LogP contribution in [0.3, 0.4) is 0 Å². The molecule has 0 radical (unpaired) electrons. The van der Waals surface area contributed by atoms with Crippen LogP contribution in [0, 0.1) is 12.7 Å². The second kappa shape index (κ2) is 5.61. The average molecular weight is 224 g/mol. The first-order chi connectivity index (χ1) is 7.49. The van der Waals surface area contributed by atoms with Gasteiger partial charge in [0.1, 0.15) is 5.82 Å². The van der Waals surface area contributed by atoms with E-state index in [1.807, 2.05) is 13.8 Å². The molecule has 16 heavy (non-hydrogen) atoms. The van der Waals surface area contributed by atoms with Crippen molar-refractivity contribution < 1.29 is 9.18 Å². The van der Waals surface area contributed by atoms with E-state index in [2.05, 4.69) is 5.32 Å². The van der Waals surface area contributed by atoms with Crippen LogP contribution < -0.4 is 11.1 Å². The van der Waals surface area contributed by atoms with E-state index in [9.17, 15) is 9.18 Å². The highest BCUT2D eigenvalue weighted by Crippen LogP contribution is 2.10. The summed E-state index contributed by atoms with van der Waals surface area (Å²) in [6.45, 7) is 4.16. The van der Waals surface area contributed by atoms with Crippen LogP contribution in [-0.2, 0) is 11.3 Å². The maximum atomic E-state index is 13.4. The van der Waals surface area contributed by atoms with Gasteiger partial charge in [0.25, 0.3) is 0 Å². The molecule has 88 valence electrons. The van der Waals surface area contributed by atoms with Crippen molar-refractivity contribution in [2.75, 3.05) is 0 Å². The molecule has 0 heterocycles. The van der Waals surface area contributed by atoms with Gasteiger partial charge < -0.3 is 11.1 Å². The van der Waals surface area contributed by atoms with Gasteiger partial charge >= 0.3 is 0 Å². The van der Waals surface area contributed by atoms with E-state index < -0.39 is 0 Å². The minimum Gasteiger partial charge on any atom is -0.370 e. The van der Waals surface area contributed by atoms with Gasteiger partial charge in [0.15, 0.2) is 0 Å². The van der Waals surface area contributed by atoms with Crippen LogP contribution in [0.15, 0.2) is 18.2 Å². The Morgan fingerprint density at radius 2 is 2.25 bits per heavy atom. The van der Waals surface area contributed by atoms with Crippen molar-refractivity contribution in [1.29, 1.82) is 0 Å². The molecule has 0 saturated heterocycles. The van der Waals surface area contributed by atoms with Gasteiger partial charge in [-0.2, -0.15) is 0 Å². The number of carbonyl (C=O) groups excluding carboxylic acids is 1. The Hall–Kier alpha value is -1.42. The molecule has 0 saturated carbocycles. The van der Waals surface area contributed by atoms with Gasteiger partial charge in [0.05, 0.1) is 0 Å². The van der Waals surface area contributed by atoms with E-state index in [4.69, 9.17) is 5.73 Å². The van der Waals surface area contributed by atoms with Gasteiger partial charge in [-0.25, -0.2) is 4.39 Å². The van der Waals surface area contributed by atoms with Crippen molar-refractivity contribution in [3.63, 3.8) is 0 Å². The van der Waals surface area contributed by atoms with Crippen molar-refractivity contribution in [2.24, 2.45) is 5.73 Å². The number of nitrogens with one attached hydrogen (secondary N) is 1. The molecular formula is C12H17FN2O. The van der Waals surface area contributed by atoms with Crippen LogP contribution in [0.2, 0.25) is 0 Å². The maximum absolute atomic E-state index is 13.4. The van der Waals surface area contributed by atoms with Crippen molar-refractivity contribution in [3.05, 3.63) is 35.1 Å². The second-order valence-electron chi connectivity index (χ2n) is 4.05. The molecule has 0 aliphatic carbocycles. The lowest BCUT2D eigenvalue weighted by Gasteiger charge is -2.12. The molecular weight excluding hydrogens is 207 g/mol. The minimum atomic E-state index is -0.357. The summed E-state index contributed by atoms with van der Waals surface area (Å²) in [5.41, 5.74) is 6.69. The van der Waals surface area contributed by atoms with Crippen molar-refractivity contribution in [2.45, 2.75) is 32.9 Å². The van der Waals surface area contributed by atoms with E-state index in [-0.39, 0.29) is 24.2 Å². The molecule has 1 rings (SSSR count). The largest absolute Gasteiger partial charge is 0.370 e. The van der Waals surface area contributed by atoms with Crippen LogP contribution in [0.5, 0.6) is 0 Å². The number of hydrogen-bond acceptors (Lipinski definition) is 2. The fraction of sp³-hybridized carbons (Fsp3) is 0.417. The summed E-state index contributed by atoms with van der Waals surface area (Å²) >= 11 is 0. The fourth-order valence-electron chi connectivity index (χ4n) is 1.50. The highest BCUT2D eigenvalue weighted by molar-refractivity contribution is 5.74. The highest BCUT2D eigenvalue weighted by atomic mass is 19.1. The predicted molar refractivity (Wildman–Crippen MR) is 61.3 cm³/mol. The average Bonchev–Trinajstić information content (AvgIpc) is 2.18. The molecule has 3 N–H and O–H groups in total. The molecule has 0 aromatic heterocycles. The molecule has 1 aromatic carbocycles. The van der Waals surface area contributed by atoms with E-state index in [1.165, 1.54) is 6.07 Å². The van der Waals surface area contributed by atoms with Gasteiger partial charge in [-0.05, 0) is 19.9 Å². The highest BCUT2D eigenvalue weighted by Gasteiger charge is 2.07. The molecule has 0 spiro atoms. The number of primary amides is 1. The maximum Gasteiger partial charge on any atom is 0.218 e. The second-order valence-corrected chi connectivity index (χ2v) is 4.05. The third kappa shape index (κ3) is 3.98. The SMILES string of the molecule is Cc1ccc(F)c(CNC(C)CC(N)=O)c1. The summed E-state index contributed by atoms with van der Waals surface area (Å²) in [5.74, 6) is -0.589. The first-order valence-electron chi connectivity index (χ1n) is 5.25. The predicted octanol–water partition coefficient (Wildman–Crippen LogP) is 1.49. The van der Waals surface area contributed by atoms with E-state index in [0.717, 1.165) is 5.56 Å². The van der Waals surface area contributed by atoms with Crippen molar-refractivity contribution in [3.8, 4) is 0 Å². The van der Waals surface area contributed by atoms with Crippen LogP contribution in [0.25, 0.3) is 0 Å². The lowest BCUT2D eigenvalue weighted by molar-refractivity contribution is -0.118. The topological polar surface area (TPSA) is 55.1 Å². The normalized spacial score (nSPS) is 12.4. The van der Waals surface area contributed by atoms with Crippen molar-refractivity contribution in [1.82, 2.24) is 5.32 Å². The van der Waals surface area contributed by atoms with Crippen LogP contribution in [0.1, 0.15) is 24.5 Å². The van der Waals surface area contributed by atoms with Crippen LogP contribution in [0.4, 0.5) is 4.39 Å². The van der Waals surface area contributed by atoms with Gasteiger partial charge in [0, 0.05) is 24.6 Å². The first kappa shape index (κ1) is 12.6. The first-order valence-corrected chi connectivity index (χ1v) is 5.25. The number of halogens is 1. The third-order valence-electron chi connectivity index (χ3n) is 2.35. The summed E-state index contributed by atoms with van der Waals surface area (Å²) < 4.78 is 13.4. The number of aryl methyl sites for hydroxylation is 1. The number of rotatable bonds is 5. The molecule has 0 fully saturated rings. The Kier molecular flexibility index (Phi) is 4.43. The Morgan fingerprint density at radius 3 is 2.88 bits per heavy atom. The van der Waals surface area contributed by atoms with Gasteiger partial charge in [-0.15, -0.1) is 0 Å². The van der Waals surface area contributed by atoms with E-state index in [0.29, 0.717) is 12.1 Å². The molecule has 1 atom stereocenters. The van der Waals surface area contributed by atoms with E-state index in [1.54, 1.807) is 12.1 Å². The fourth-order valence-corrected chi connectivity index (χ4v) is 1.50. The summed E-state index contributed by atoms with van der Waals surface area (Å²) in [4.78, 5) is 10.7. The number of hydrogen-bond donors (Lipinski definition) is 2. The minimum absolute atomic E-state index is 0.0441. The Balaban J connectivity index is 2.54. The molecule has 1 aromatic rings. The lowest BCUT2D eigenvalue weighted by Crippen LogP contribution is -2.30. The van der Waals surface area contributed by atoms with Crippen LogP contribution in [-0.4, -0.2) is 11.9 Å². The summed E-state index contributed by atoms with van der Waals surface area (Å²) in [5, 5.41) is 3.06. The summed E-state index contributed by atoms with van der Waals surface area (Å²) in [7, 11) is 0. The number of amides is 1. The molecule has 0 bridgehead atoms. The zero-order chi connectivity index (χ0) is 12.1. The summed E-state index contributed by atoms with van der Waals surface area (Å²) in [6, 6.07) is 4.92. The molecule has 3 nitrogen and oxygen atoms in total. The van der Waals surface area contributed by atoms with Gasteiger partial charge in [-0.1, -0.05) is 17.7 Å². The standard InChI is InChI=1S/C12H17FN2O/c1-8-3-4-11(13)10(5-8)7-15-9(2)6-12(14)16/h3-5,9,15H,6-7H2,1-2H3,(H2,14,16). The molecule has 4 heteroatoms. The number of carbonyl (C=O) groups is 1. The smallest absolute Gasteiger partial charge is 0.218 e. The number of nitrogens with two attached hydrogens (primary N) is 1. The summed E-state index contributed by atoms with van der Waals surface area (Å²) in [6.07, 6.45) is 0.257. The number of benzene rings is 1. The zero-order valence-electron chi connectivity index (χ0n) is 9.59. The third-order valence-corrected chi connectivity index (χ3v) is 2.35. The molecule has 1 unspecified atom stereocenters. The van der Waals surface area contributed by atoms with E-state index >= 15 is 0 Å². The molecule has 0 aliphatic heterocycles. The zero-order valence-corrected chi connectivity index (χ0v) is 9.59. The molecule has 1 amide bonds. The van der Waals surface area contributed by atoms with Crippen LogP contribution >= 0.6 is 0 Å². The van der Waals surface area contributed by atoms with Gasteiger partial charge in [-0.3, -0.25) is 4.79 Å². The molecule has 0 aliphatic rings. The Bertz CT molecular complexity index is 379. The quantitative estimate of drug-likeness (QED) is 0.796. The van der Waals surface area contributed by atoms with Crippen molar-refractivity contribution >= 4 is 5.91 Å². The Labute approximate surface area is 94.8 Å². The Morgan fingerprint density at radius 1 is 1.56 bits per heavy atom.